The number of carbonyl (C=O) groups is 2. The van der Waals surface area contributed by atoms with Crippen LogP contribution in [0.1, 0.15) is 33.2 Å². The number of benzene rings is 1. The van der Waals surface area contributed by atoms with Crippen molar-refractivity contribution in [3.8, 4) is 0 Å². The Kier molecular flexibility index (Phi) is 5.15. The Bertz CT molecular complexity index is 445. The zero-order valence-electron chi connectivity index (χ0n) is 9.50. The number of rotatable bonds is 4. The molecule has 1 unspecified atom stereocenters. The first-order valence-electron chi connectivity index (χ1n) is 4.93. The summed E-state index contributed by atoms with van der Waals surface area (Å²) in [6, 6.07) is 5.12. The summed E-state index contributed by atoms with van der Waals surface area (Å²) in [6.45, 7) is 1.45. The number of hydrogen-bond acceptors (Lipinski definition) is 3. The van der Waals surface area contributed by atoms with Crippen LogP contribution in [0.3, 0.4) is 0 Å². The number of ketones is 1. The van der Waals surface area contributed by atoms with Crippen LogP contribution in [0, 0.1) is 0 Å². The number of alkyl halides is 2. The van der Waals surface area contributed by atoms with E-state index in [1.165, 1.54) is 14.0 Å². The molecule has 0 saturated heterocycles. The number of ether oxygens (including phenoxy) is 1. The molecule has 0 spiro atoms. The molecule has 0 aliphatic carbocycles. The van der Waals surface area contributed by atoms with E-state index in [0.29, 0.717) is 11.1 Å². The standard InChI is InChI=1S/C12H12BrClO3/c1-7(15)11(13)10-8(6-14)4-3-5-9(10)12(16)17-2/h3-5,11H,6H2,1-2H3. The van der Waals surface area contributed by atoms with Gasteiger partial charge < -0.3 is 4.74 Å². The van der Waals surface area contributed by atoms with Crippen molar-refractivity contribution in [2.45, 2.75) is 17.6 Å². The van der Waals surface area contributed by atoms with Crippen LogP contribution in [-0.2, 0) is 15.4 Å². The largest absolute Gasteiger partial charge is 0.465 e. The van der Waals surface area contributed by atoms with Crippen LogP contribution in [0.2, 0.25) is 0 Å². The summed E-state index contributed by atoms with van der Waals surface area (Å²) in [5, 5.41) is 0. The maximum atomic E-state index is 11.6. The summed E-state index contributed by atoms with van der Waals surface area (Å²) in [4.78, 5) is 22.5. The minimum atomic E-state index is -0.549. The van der Waals surface area contributed by atoms with E-state index in [1.807, 2.05) is 0 Å². The molecule has 3 nitrogen and oxygen atoms in total. The van der Waals surface area contributed by atoms with Gasteiger partial charge >= 0.3 is 5.97 Å². The van der Waals surface area contributed by atoms with E-state index < -0.39 is 10.8 Å². The third-order valence-corrected chi connectivity index (χ3v) is 3.75. The molecular formula is C12H12BrClO3. The molecule has 5 heteroatoms. The van der Waals surface area contributed by atoms with E-state index >= 15 is 0 Å². The Labute approximate surface area is 113 Å². The van der Waals surface area contributed by atoms with E-state index in [4.69, 9.17) is 16.3 Å². The monoisotopic (exact) mass is 318 g/mol. The molecule has 0 fully saturated rings. The van der Waals surface area contributed by atoms with Crippen molar-refractivity contribution < 1.29 is 14.3 Å². The summed E-state index contributed by atoms with van der Waals surface area (Å²) in [7, 11) is 1.30. The van der Waals surface area contributed by atoms with Gasteiger partial charge in [0.25, 0.3) is 0 Å². The van der Waals surface area contributed by atoms with Gasteiger partial charge in [-0.3, -0.25) is 4.79 Å². The third kappa shape index (κ3) is 3.07. The van der Waals surface area contributed by atoms with Crippen molar-refractivity contribution in [1.82, 2.24) is 0 Å². The van der Waals surface area contributed by atoms with Gasteiger partial charge in [-0.2, -0.15) is 0 Å². The fraction of sp³-hybridized carbons (Fsp3) is 0.333. The van der Waals surface area contributed by atoms with Crippen LogP contribution in [0.25, 0.3) is 0 Å². The second-order valence-electron chi connectivity index (χ2n) is 3.48. The third-order valence-electron chi connectivity index (χ3n) is 2.36. The normalized spacial score (nSPS) is 12.0. The maximum absolute atomic E-state index is 11.6. The Morgan fingerprint density at radius 1 is 1.47 bits per heavy atom. The van der Waals surface area contributed by atoms with Gasteiger partial charge in [0.1, 0.15) is 5.78 Å². The molecule has 0 aliphatic heterocycles. The van der Waals surface area contributed by atoms with Crippen LogP contribution in [0.4, 0.5) is 0 Å². The molecule has 0 aliphatic rings. The second kappa shape index (κ2) is 6.17. The molecule has 1 aromatic carbocycles. The first-order valence-corrected chi connectivity index (χ1v) is 6.38. The van der Waals surface area contributed by atoms with Gasteiger partial charge in [-0.1, -0.05) is 28.1 Å². The molecule has 0 amide bonds. The molecule has 0 N–H and O–H groups in total. The Morgan fingerprint density at radius 3 is 2.59 bits per heavy atom. The maximum Gasteiger partial charge on any atom is 0.338 e. The summed E-state index contributed by atoms with van der Waals surface area (Å²) >= 11 is 9.09. The SMILES string of the molecule is COC(=O)c1cccc(CCl)c1C(Br)C(C)=O. The molecule has 0 heterocycles. The molecule has 1 rings (SSSR count). The number of halogens is 2. The van der Waals surface area contributed by atoms with Gasteiger partial charge in [0.2, 0.25) is 0 Å². The summed E-state index contributed by atoms with van der Waals surface area (Å²) in [5.74, 6) is -0.333. The Balaban J connectivity index is 3.40. The number of Topliss-reactive ketones (excluding diaryl/α,β-unsaturated/α-hetero) is 1. The molecule has 1 aromatic rings. The Hall–Kier alpha value is -0.870. The van der Waals surface area contributed by atoms with Crippen LogP contribution < -0.4 is 0 Å². The van der Waals surface area contributed by atoms with Gasteiger partial charge in [0.15, 0.2) is 0 Å². The van der Waals surface area contributed by atoms with Crippen molar-refractivity contribution >= 4 is 39.3 Å². The lowest BCUT2D eigenvalue weighted by molar-refractivity contribution is -0.116. The van der Waals surface area contributed by atoms with Crippen LogP contribution in [0.5, 0.6) is 0 Å². The lowest BCUT2D eigenvalue weighted by atomic mass is 9.97. The first kappa shape index (κ1) is 14.2. The quantitative estimate of drug-likeness (QED) is 0.632. The molecular weight excluding hydrogens is 307 g/mol. The average molecular weight is 320 g/mol. The predicted octanol–water partition coefficient (Wildman–Crippen LogP) is 3.24. The predicted molar refractivity (Wildman–Crippen MR) is 69.7 cm³/mol. The summed E-state index contributed by atoms with van der Waals surface area (Å²) in [6.07, 6.45) is 0. The molecule has 0 bridgehead atoms. The molecule has 92 valence electrons. The van der Waals surface area contributed by atoms with Gasteiger partial charge in [0, 0.05) is 5.88 Å². The highest BCUT2D eigenvalue weighted by Gasteiger charge is 2.23. The van der Waals surface area contributed by atoms with Gasteiger partial charge in [-0.05, 0) is 24.1 Å². The molecule has 17 heavy (non-hydrogen) atoms. The average Bonchev–Trinajstić information content (AvgIpc) is 2.35. The minimum Gasteiger partial charge on any atom is -0.465 e. The van der Waals surface area contributed by atoms with Crippen LogP contribution in [0.15, 0.2) is 18.2 Å². The highest BCUT2D eigenvalue weighted by atomic mass is 79.9. The van der Waals surface area contributed by atoms with E-state index in [9.17, 15) is 9.59 Å². The number of carbonyl (C=O) groups excluding carboxylic acids is 2. The number of hydrogen-bond donors (Lipinski definition) is 0. The minimum absolute atomic E-state index is 0.0901. The smallest absolute Gasteiger partial charge is 0.338 e. The van der Waals surface area contributed by atoms with Gasteiger partial charge in [0.05, 0.1) is 17.5 Å². The topological polar surface area (TPSA) is 43.4 Å². The Morgan fingerprint density at radius 2 is 2.12 bits per heavy atom. The van der Waals surface area contributed by atoms with Crippen molar-refractivity contribution in [2.75, 3.05) is 7.11 Å². The fourth-order valence-electron chi connectivity index (χ4n) is 1.52. The molecule has 0 saturated carbocycles. The van der Waals surface area contributed by atoms with E-state index in [0.717, 1.165) is 5.56 Å². The summed E-state index contributed by atoms with van der Waals surface area (Å²) in [5.41, 5.74) is 1.69. The fourth-order valence-corrected chi connectivity index (χ4v) is 2.29. The van der Waals surface area contributed by atoms with E-state index in [2.05, 4.69) is 15.9 Å². The highest BCUT2D eigenvalue weighted by Crippen LogP contribution is 2.31. The van der Waals surface area contributed by atoms with Crippen LogP contribution >= 0.6 is 27.5 Å². The molecule has 1 atom stereocenters. The number of methoxy groups -OCH3 is 1. The number of esters is 1. The lowest BCUT2D eigenvalue weighted by Gasteiger charge is -2.15. The molecule has 0 aromatic heterocycles. The van der Waals surface area contributed by atoms with Gasteiger partial charge in [-0.25, -0.2) is 4.79 Å². The van der Waals surface area contributed by atoms with Crippen molar-refractivity contribution in [3.05, 3.63) is 34.9 Å². The van der Waals surface area contributed by atoms with E-state index in [-0.39, 0.29) is 11.7 Å². The van der Waals surface area contributed by atoms with Crippen LogP contribution in [-0.4, -0.2) is 18.9 Å². The molecule has 0 radical (unpaired) electrons. The zero-order valence-corrected chi connectivity index (χ0v) is 11.8. The van der Waals surface area contributed by atoms with Gasteiger partial charge in [-0.15, -0.1) is 11.6 Å². The van der Waals surface area contributed by atoms with E-state index in [1.54, 1.807) is 18.2 Å². The van der Waals surface area contributed by atoms with Crippen molar-refractivity contribution in [1.29, 1.82) is 0 Å². The highest BCUT2D eigenvalue weighted by molar-refractivity contribution is 9.09. The van der Waals surface area contributed by atoms with Crippen molar-refractivity contribution in [2.24, 2.45) is 0 Å². The second-order valence-corrected chi connectivity index (χ2v) is 4.66. The zero-order chi connectivity index (χ0) is 13.0. The summed E-state index contributed by atoms with van der Waals surface area (Å²) < 4.78 is 4.69. The first-order chi connectivity index (χ1) is 8.02. The lowest BCUT2D eigenvalue weighted by Crippen LogP contribution is -2.12. The van der Waals surface area contributed by atoms with Crippen molar-refractivity contribution in [3.63, 3.8) is 0 Å².